The summed E-state index contributed by atoms with van der Waals surface area (Å²) in [5.74, 6) is 0.735. The summed E-state index contributed by atoms with van der Waals surface area (Å²) in [7, 11) is 0. The molecule has 0 amide bonds. The number of unbranched alkanes of at least 4 members (excludes halogenated alkanes) is 2. The van der Waals surface area contributed by atoms with Gasteiger partial charge in [0, 0.05) is 4.47 Å². The van der Waals surface area contributed by atoms with Gasteiger partial charge in [0.25, 0.3) is 0 Å². The zero-order valence-corrected chi connectivity index (χ0v) is 10.9. The van der Waals surface area contributed by atoms with Crippen molar-refractivity contribution in [1.82, 2.24) is 0 Å². The van der Waals surface area contributed by atoms with Crippen molar-refractivity contribution in [3.63, 3.8) is 0 Å². The highest BCUT2D eigenvalue weighted by Gasteiger charge is 2.01. The van der Waals surface area contributed by atoms with Gasteiger partial charge in [-0.2, -0.15) is 0 Å². The highest BCUT2D eigenvalue weighted by molar-refractivity contribution is 9.10. The maximum Gasteiger partial charge on any atom is 0.139 e. The maximum atomic E-state index is 5.97. The minimum absolute atomic E-state index is 0.650. The number of rotatable bonds is 6. The van der Waals surface area contributed by atoms with Crippen LogP contribution in [-0.4, -0.2) is 13.2 Å². The van der Waals surface area contributed by atoms with Crippen molar-refractivity contribution in [1.29, 1.82) is 0 Å². The molecule has 1 aromatic rings. The van der Waals surface area contributed by atoms with Crippen molar-refractivity contribution >= 4 is 27.5 Å². The molecule has 0 aromatic heterocycles. The van der Waals surface area contributed by atoms with Crippen LogP contribution in [0.15, 0.2) is 22.7 Å². The van der Waals surface area contributed by atoms with Crippen molar-refractivity contribution in [2.45, 2.75) is 19.3 Å². The van der Waals surface area contributed by atoms with Gasteiger partial charge in [0.2, 0.25) is 0 Å². The Bertz CT molecular complexity index is 307. The Kier molecular flexibility index (Phi) is 6.06. The van der Waals surface area contributed by atoms with Crippen LogP contribution in [0, 0.1) is 0 Å². The number of halogens is 2. The molecule has 2 N–H and O–H groups in total. The van der Waals surface area contributed by atoms with E-state index >= 15 is 0 Å². The molecular formula is C11H15BrClNO. The first kappa shape index (κ1) is 12.8. The van der Waals surface area contributed by atoms with Gasteiger partial charge in [0.15, 0.2) is 0 Å². The summed E-state index contributed by atoms with van der Waals surface area (Å²) < 4.78 is 6.54. The second-order valence-electron chi connectivity index (χ2n) is 3.27. The van der Waals surface area contributed by atoms with E-state index < -0.39 is 0 Å². The van der Waals surface area contributed by atoms with Crippen LogP contribution in [0.1, 0.15) is 19.3 Å². The molecule has 0 heterocycles. The Hall–Kier alpha value is -0.250. The van der Waals surface area contributed by atoms with E-state index in [0.717, 1.165) is 36.0 Å². The highest BCUT2D eigenvalue weighted by Crippen LogP contribution is 2.27. The Morgan fingerprint density at radius 2 is 2.07 bits per heavy atom. The summed E-state index contributed by atoms with van der Waals surface area (Å²) in [6.45, 7) is 1.44. The second kappa shape index (κ2) is 7.09. The lowest BCUT2D eigenvalue weighted by atomic mass is 10.2. The van der Waals surface area contributed by atoms with Crippen molar-refractivity contribution in [3.8, 4) is 5.75 Å². The van der Waals surface area contributed by atoms with Gasteiger partial charge in [-0.3, -0.25) is 0 Å². The Labute approximate surface area is 104 Å². The predicted molar refractivity (Wildman–Crippen MR) is 67.6 cm³/mol. The zero-order chi connectivity index (χ0) is 11.1. The SMILES string of the molecule is NCCCCCOc1cc(Br)ccc1Cl. The number of ether oxygens (including phenoxy) is 1. The van der Waals surface area contributed by atoms with Crippen molar-refractivity contribution in [3.05, 3.63) is 27.7 Å². The average Bonchev–Trinajstić information content (AvgIpc) is 2.23. The summed E-state index contributed by atoms with van der Waals surface area (Å²) in [5.41, 5.74) is 5.40. The lowest BCUT2D eigenvalue weighted by Gasteiger charge is -2.07. The lowest BCUT2D eigenvalue weighted by Crippen LogP contribution is -2.01. The van der Waals surface area contributed by atoms with Crippen molar-refractivity contribution in [2.24, 2.45) is 5.73 Å². The molecule has 0 aliphatic rings. The molecule has 4 heteroatoms. The fraction of sp³-hybridized carbons (Fsp3) is 0.455. The third-order valence-corrected chi connectivity index (χ3v) is 2.80. The Morgan fingerprint density at radius 1 is 1.27 bits per heavy atom. The number of hydrogen-bond donors (Lipinski definition) is 1. The third-order valence-electron chi connectivity index (χ3n) is 2.00. The summed E-state index contributed by atoms with van der Waals surface area (Å²) in [5, 5.41) is 0.650. The van der Waals surface area contributed by atoms with E-state index in [2.05, 4.69) is 15.9 Å². The first-order valence-corrected chi connectivity index (χ1v) is 6.19. The van der Waals surface area contributed by atoms with E-state index in [0.29, 0.717) is 11.6 Å². The van der Waals surface area contributed by atoms with Gasteiger partial charge in [-0.05, 0) is 44.0 Å². The molecule has 0 saturated carbocycles. The summed E-state index contributed by atoms with van der Waals surface area (Å²) in [4.78, 5) is 0. The molecule has 0 unspecified atom stereocenters. The smallest absolute Gasteiger partial charge is 0.139 e. The van der Waals surface area contributed by atoms with Gasteiger partial charge < -0.3 is 10.5 Å². The Balaban J connectivity index is 2.33. The van der Waals surface area contributed by atoms with E-state index in [-0.39, 0.29) is 0 Å². The molecule has 0 saturated heterocycles. The first-order valence-electron chi connectivity index (χ1n) is 5.02. The molecule has 1 rings (SSSR count). The normalized spacial score (nSPS) is 10.3. The fourth-order valence-electron chi connectivity index (χ4n) is 1.19. The first-order chi connectivity index (χ1) is 7.24. The molecule has 0 radical (unpaired) electrons. The van der Waals surface area contributed by atoms with Gasteiger partial charge in [0.1, 0.15) is 5.75 Å². The Morgan fingerprint density at radius 3 is 2.80 bits per heavy atom. The van der Waals surface area contributed by atoms with Crippen molar-refractivity contribution in [2.75, 3.05) is 13.2 Å². The topological polar surface area (TPSA) is 35.2 Å². The monoisotopic (exact) mass is 291 g/mol. The third kappa shape index (κ3) is 4.87. The summed E-state index contributed by atoms with van der Waals surface area (Å²) in [6, 6.07) is 5.59. The number of benzene rings is 1. The van der Waals surface area contributed by atoms with Crippen LogP contribution < -0.4 is 10.5 Å². The van der Waals surface area contributed by atoms with Crippen LogP contribution in [0.5, 0.6) is 5.75 Å². The number of hydrogen-bond acceptors (Lipinski definition) is 2. The molecule has 0 bridgehead atoms. The number of nitrogens with two attached hydrogens (primary N) is 1. The van der Waals surface area contributed by atoms with Crippen LogP contribution in [0.3, 0.4) is 0 Å². The van der Waals surface area contributed by atoms with Gasteiger partial charge in [-0.15, -0.1) is 0 Å². The molecule has 1 aromatic carbocycles. The molecule has 0 fully saturated rings. The van der Waals surface area contributed by atoms with E-state index in [4.69, 9.17) is 22.1 Å². The summed E-state index contributed by atoms with van der Waals surface area (Å²) >= 11 is 9.35. The summed E-state index contributed by atoms with van der Waals surface area (Å²) in [6.07, 6.45) is 3.16. The zero-order valence-electron chi connectivity index (χ0n) is 8.51. The molecule has 0 aliphatic carbocycles. The largest absolute Gasteiger partial charge is 0.492 e. The molecule has 84 valence electrons. The minimum atomic E-state index is 0.650. The van der Waals surface area contributed by atoms with Crippen LogP contribution >= 0.6 is 27.5 Å². The molecule has 0 aliphatic heterocycles. The van der Waals surface area contributed by atoms with Gasteiger partial charge in [-0.1, -0.05) is 27.5 Å². The van der Waals surface area contributed by atoms with Gasteiger partial charge >= 0.3 is 0 Å². The fourth-order valence-corrected chi connectivity index (χ4v) is 1.71. The van der Waals surface area contributed by atoms with E-state index in [1.165, 1.54) is 0 Å². The molecule has 0 spiro atoms. The van der Waals surface area contributed by atoms with Gasteiger partial charge in [-0.25, -0.2) is 0 Å². The molecule has 0 atom stereocenters. The average molecular weight is 293 g/mol. The molecular weight excluding hydrogens is 277 g/mol. The van der Waals surface area contributed by atoms with Crippen LogP contribution in [0.25, 0.3) is 0 Å². The molecule has 2 nitrogen and oxygen atoms in total. The van der Waals surface area contributed by atoms with E-state index in [1.54, 1.807) is 0 Å². The maximum absolute atomic E-state index is 5.97. The second-order valence-corrected chi connectivity index (χ2v) is 4.60. The standard InChI is InChI=1S/C11H15BrClNO/c12-9-4-5-10(13)11(8-9)15-7-3-1-2-6-14/h4-5,8H,1-3,6-7,14H2. The highest BCUT2D eigenvalue weighted by atomic mass is 79.9. The predicted octanol–water partition coefficient (Wildman–Crippen LogP) is 3.61. The van der Waals surface area contributed by atoms with E-state index in [9.17, 15) is 0 Å². The van der Waals surface area contributed by atoms with E-state index in [1.807, 2.05) is 18.2 Å². The van der Waals surface area contributed by atoms with Gasteiger partial charge in [0.05, 0.1) is 11.6 Å². The van der Waals surface area contributed by atoms with Crippen LogP contribution in [0.2, 0.25) is 5.02 Å². The van der Waals surface area contributed by atoms with Crippen LogP contribution in [0.4, 0.5) is 0 Å². The lowest BCUT2D eigenvalue weighted by molar-refractivity contribution is 0.305. The van der Waals surface area contributed by atoms with Crippen molar-refractivity contribution < 1.29 is 4.74 Å². The minimum Gasteiger partial charge on any atom is -0.492 e. The van der Waals surface area contributed by atoms with Crippen LogP contribution in [-0.2, 0) is 0 Å². The molecule has 15 heavy (non-hydrogen) atoms. The quantitative estimate of drug-likeness (QED) is 0.813.